The minimum Gasteiger partial charge on any atom is -0.309 e. The van der Waals surface area contributed by atoms with Crippen molar-refractivity contribution >= 4 is 53.3 Å². The molecule has 0 saturated heterocycles. The number of hydrogen-bond acceptors (Lipinski definition) is 4. The van der Waals surface area contributed by atoms with E-state index < -0.39 is 36.3 Å². The zero-order valence-corrected chi connectivity index (χ0v) is 33.5. The molecule has 0 atom stereocenters. The Bertz CT molecular complexity index is 4060. The first-order valence-corrected chi connectivity index (χ1v) is 20.9. The normalized spacial score (nSPS) is 13.8. The lowest BCUT2D eigenvalue weighted by Crippen LogP contribution is -2.04. The highest BCUT2D eigenvalue weighted by Gasteiger charge is 2.22. The number of nitrogens with zero attached hydrogens (tertiary/aromatic N) is 4. The zero-order valence-electron chi connectivity index (χ0n) is 42.7. The molecule has 0 bridgehead atoms. The van der Waals surface area contributed by atoms with Gasteiger partial charge in [-0.3, -0.25) is 0 Å². The largest absolute Gasteiger partial charge is 0.309 e. The molecule has 3 heterocycles. The van der Waals surface area contributed by atoms with Gasteiger partial charge in [0.25, 0.3) is 0 Å². The third kappa shape index (κ3) is 6.09. The first-order valence-electron chi connectivity index (χ1n) is 25.0. The van der Waals surface area contributed by atoms with Gasteiger partial charge in [0.1, 0.15) is 0 Å². The Labute approximate surface area is 376 Å². The summed E-state index contributed by atoms with van der Waals surface area (Å²) in [5, 5.41) is 3.47. The molecule has 62 heavy (non-hydrogen) atoms. The molecule has 0 N–H and O–H groups in total. The van der Waals surface area contributed by atoms with Crippen molar-refractivity contribution in [3.8, 4) is 73.2 Å². The molecular weight excluding hydrogens is 773 g/mol. The quantitative estimate of drug-likeness (QED) is 0.161. The molecule has 0 aliphatic rings. The molecule has 290 valence electrons. The van der Waals surface area contributed by atoms with Gasteiger partial charge >= 0.3 is 0 Å². The molecule has 0 spiro atoms. The minimum absolute atomic E-state index is 0.0284. The fourth-order valence-electron chi connectivity index (χ4n) is 8.45. The van der Waals surface area contributed by atoms with E-state index in [-0.39, 0.29) is 35.3 Å². The molecule has 0 aliphatic heterocycles. The molecule has 0 radical (unpaired) electrons. The lowest BCUT2D eigenvalue weighted by Gasteiger charge is -2.16. The van der Waals surface area contributed by atoms with Crippen LogP contribution in [-0.4, -0.2) is 19.5 Å². The number of thiophene rings is 1. The van der Waals surface area contributed by atoms with Gasteiger partial charge in [-0.1, -0.05) is 170 Å². The van der Waals surface area contributed by atoms with Crippen LogP contribution < -0.4 is 0 Å². The van der Waals surface area contributed by atoms with Crippen LogP contribution in [0.5, 0.6) is 0 Å². The second-order valence-corrected chi connectivity index (χ2v) is 15.9. The first-order chi connectivity index (χ1) is 34.9. The third-order valence-electron chi connectivity index (χ3n) is 11.3. The molecule has 0 aliphatic carbocycles. The standard InChI is InChI=1S/C57H36N4S/c1-4-17-37(18-5-1)40-31-33-51-48(35-40)49-36-41(38-19-6-2-7-20-38)32-34-52(49)61(51)50-29-14-12-26-46(50)56-58-55(45-25-11-10-23-42(45)39-21-8-3-9-22-39)59-57(60-56)47-28-16-27-44-43-24-13-15-30-53(43)62-54(44)47/h1-36H/i1D,2D,4D,5D,6D,7D,17D,18D,19D,20D. The van der Waals surface area contributed by atoms with E-state index in [0.717, 1.165) is 42.4 Å². The van der Waals surface area contributed by atoms with E-state index in [2.05, 4.69) is 36.4 Å². The molecule has 3 aromatic heterocycles. The monoisotopic (exact) mass is 818 g/mol. The van der Waals surface area contributed by atoms with Crippen LogP contribution >= 0.6 is 11.3 Å². The summed E-state index contributed by atoms with van der Waals surface area (Å²) in [5.74, 6) is 1.35. The van der Waals surface area contributed by atoms with E-state index in [0.29, 0.717) is 61.7 Å². The third-order valence-corrected chi connectivity index (χ3v) is 12.5. The summed E-state index contributed by atoms with van der Waals surface area (Å²) >= 11 is 1.69. The van der Waals surface area contributed by atoms with E-state index in [1.165, 1.54) is 0 Å². The van der Waals surface area contributed by atoms with Gasteiger partial charge in [0.15, 0.2) is 17.5 Å². The van der Waals surface area contributed by atoms with E-state index >= 15 is 0 Å². The van der Waals surface area contributed by atoms with Gasteiger partial charge in [0, 0.05) is 47.6 Å². The molecule has 0 saturated carbocycles. The predicted molar refractivity (Wildman–Crippen MR) is 260 cm³/mol. The van der Waals surface area contributed by atoms with Crippen molar-refractivity contribution in [2.45, 2.75) is 0 Å². The lowest BCUT2D eigenvalue weighted by atomic mass is 9.99. The summed E-state index contributed by atoms with van der Waals surface area (Å²) in [7, 11) is 0. The van der Waals surface area contributed by atoms with Crippen LogP contribution in [0.2, 0.25) is 0 Å². The van der Waals surface area contributed by atoms with Gasteiger partial charge in [-0.25, -0.2) is 15.0 Å². The van der Waals surface area contributed by atoms with Crippen molar-refractivity contribution < 1.29 is 13.7 Å². The summed E-state index contributed by atoms with van der Waals surface area (Å²) in [5.41, 5.74) is 7.10. The van der Waals surface area contributed by atoms with Crippen molar-refractivity contribution in [3.05, 3.63) is 218 Å². The van der Waals surface area contributed by atoms with Crippen LogP contribution in [0.4, 0.5) is 0 Å². The number of rotatable bonds is 7. The molecule has 12 rings (SSSR count). The molecule has 0 fully saturated rings. The van der Waals surface area contributed by atoms with Gasteiger partial charge in [0.2, 0.25) is 0 Å². The minimum atomic E-state index is -0.500. The van der Waals surface area contributed by atoms with Crippen LogP contribution in [0.3, 0.4) is 0 Å². The second kappa shape index (κ2) is 14.9. The van der Waals surface area contributed by atoms with Crippen molar-refractivity contribution in [2.24, 2.45) is 0 Å². The van der Waals surface area contributed by atoms with Gasteiger partial charge in [-0.05, 0) is 81.9 Å². The Morgan fingerprint density at radius 3 is 1.56 bits per heavy atom. The van der Waals surface area contributed by atoms with Crippen LogP contribution in [-0.2, 0) is 0 Å². The Kier molecular flexibility index (Phi) is 6.49. The zero-order chi connectivity index (χ0) is 49.7. The molecule has 0 amide bonds. The number of hydrogen-bond donors (Lipinski definition) is 0. The average Bonchev–Trinajstić information content (AvgIpc) is 3.96. The fourth-order valence-corrected chi connectivity index (χ4v) is 9.66. The van der Waals surface area contributed by atoms with Crippen LogP contribution in [0.25, 0.3) is 115 Å². The molecule has 4 nitrogen and oxygen atoms in total. The lowest BCUT2D eigenvalue weighted by molar-refractivity contribution is 1.07. The number of para-hydroxylation sites is 1. The Morgan fingerprint density at radius 2 is 0.887 bits per heavy atom. The number of benzene rings is 9. The highest BCUT2D eigenvalue weighted by atomic mass is 32.1. The highest BCUT2D eigenvalue weighted by molar-refractivity contribution is 7.26. The first kappa shape index (κ1) is 27.0. The van der Waals surface area contributed by atoms with Gasteiger partial charge in [-0.2, -0.15) is 0 Å². The maximum atomic E-state index is 8.86. The molecule has 12 aromatic rings. The SMILES string of the molecule is [2H]c1c([2H])c([2H])c(-c2ccc3c(c2)c2cc(-c4c([2H])c([2H])c([2H])c([2H])c4[2H])ccc2n3-c2ccccc2-c2nc(-c3ccccc3-c3ccccc3)nc(-c3cccc4c3sc3ccccc34)n2)c([2H])c1[2H]. The van der Waals surface area contributed by atoms with E-state index in [4.69, 9.17) is 28.7 Å². The van der Waals surface area contributed by atoms with Crippen LogP contribution in [0.15, 0.2) is 218 Å². The highest BCUT2D eigenvalue weighted by Crippen LogP contribution is 2.42. The summed E-state index contributed by atoms with van der Waals surface area (Å²) < 4.78 is 90.1. The summed E-state index contributed by atoms with van der Waals surface area (Å²) in [4.78, 5) is 15.9. The summed E-state index contributed by atoms with van der Waals surface area (Å²) in [6, 6.07) is 46.9. The van der Waals surface area contributed by atoms with E-state index in [9.17, 15) is 0 Å². The Hall–Kier alpha value is -7.99. The van der Waals surface area contributed by atoms with Crippen molar-refractivity contribution in [1.29, 1.82) is 0 Å². The number of fused-ring (bicyclic) bond motifs is 6. The van der Waals surface area contributed by atoms with Gasteiger partial charge in [0.05, 0.1) is 30.4 Å². The van der Waals surface area contributed by atoms with Crippen LogP contribution in [0.1, 0.15) is 13.7 Å². The van der Waals surface area contributed by atoms with Crippen LogP contribution in [0, 0.1) is 0 Å². The predicted octanol–water partition coefficient (Wildman–Crippen LogP) is 15.3. The summed E-state index contributed by atoms with van der Waals surface area (Å²) in [6.45, 7) is 0. The maximum absolute atomic E-state index is 8.86. The molecular formula is C57H36N4S. The van der Waals surface area contributed by atoms with Crippen molar-refractivity contribution in [3.63, 3.8) is 0 Å². The van der Waals surface area contributed by atoms with E-state index in [1.807, 2.05) is 102 Å². The van der Waals surface area contributed by atoms with Crippen molar-refractivity contribution in [1.82, 2.24) is 19.5 Å². The Balaban J connectivity index is 1.14. The van der Waals surface area contributed by atoms with Gasteiger partial charge in [-0.15, -0.1) is 11.3 Å². The van der Waals surface area contributed by atoms with Gasteiger partial charge < -0.3 is 4.57 Å². The van der Waals surface area contributed by atoms with Crippen molar-refractivity contribution in [2.75, 3.05) is 0 Å². The topological polar surface area (TPSA) is 43.6 Å². The molecule has 0 unspecified atom stereocenters. The number of aromatic nitrogens is 4. The van der Waals surface area contributed by atoms with E-state index in [1.54, 1.807) is 35.6 Å². The molecule has 5 heteroatoms. The average molecular weight is 819 g/mol. The fraction of sp³-hybridized carbons (Fsp3) is 0. The second-order valence-electron chi connectivity index (χ2n) is 14.8. The Morgan fingerprint density at radius 1 is 0.371 bits per heavy atom. The maximum Gasteiger partial charge on any atom is 0.166 e. The molecule has 9 aromatic carbocycles. The smallest absolute Gasteiger partial charge is 0.166 e. The summed E-state index contributed by atoms with van der Waals surface area (Å²) in [6.07, 6.45) is 0.